The van der Waals surface area contributed by atoms with Crippen LogP contribution in [0.2, 0.25) is 5.02 Å². The summed E-state index contributed by atoms with van der Waals surface area (Å²) in [5, 5.41) is 6.05. The Kier molecular flexibility index (Phi) is 6.06. The quantitative estimate of drug-likeness (QED) is 0.397. The van der Waals surface area contributed by atoms with Gasteiger partial charge in [0.15, 0.2) is 5.16 Å². The van der Waals surface area contributed by atoms with Crippen molar-refractivity contribution in [2.45, 2.75) is 23.2 Å². The van der Waals surface area contributed by atoms with Crippen LogP contribution in [0.25, 0.3) is 0 Å². The minimum absolute atomic E-state index is 0.0537. The standard InChI is InChI=1S/C21H16ClFN4O3S/c22-12-6-4-11(5-7-12)10-31-21-26-18-17(20(30)27-21)15(9-16(28)25-18)19(29)24-14-3-1-2-13(23)8-14/h1-8,15H,9-10H2,(H,24,29)(H2,25,26,27,28,30)/t15-/m1/s1. The maximum absolute atomic E-state index is 13.4. The van der Waals surface area contributed by atoms with E-state index in [-0.39, 0.29) is 23.5 Å². The van der Waals surface area contributed by atoms with Gasteiger partial charge in [-0.3, -0.25) is 14.4 Å². The molecule has 1 aromatic heterocycles. The van der Waals surface area contributed by atoms with Crippen LogP contribution in [0.15, 0.2) is 58.5 Å². The van der Waals surface area contributed by atoms with Crippen molar-refractivity contribution in [1.82, 2.24) is 9.97 Å². The highest BCUT2D eigenvalue weighted by atomic mass is 35.5. The van der Waals surface area contributed by atoms with E-state index < -0.39 is 29.1 Å². The number of benzene rings is 2. The number of carbonyl (C=O) groups is 2. The number of hydrogen-bond acceptors (Lipinski definition) is 5. The lowest BCUT2D eigenvalue weighted by Crippen LogP contribution is -2.36. The third-order valence-electron chi connectivity index (χ3n) is 4.63. The maximum atomic E-state index is 13.4. The van der Waals surface area contributed by atoms with Crippen LogP contribution in [0, 0.1) is 5.82 Å². The second kappa shape index (κ2) is 8.91. The van der Waals surface area contributed by atoms with E-state index in [1.807, 2.05) is 12.1 Å². The van der Waals surface area contributed by atoms with Gasteiger partial charge in [-0.15, -0.1) is 0 Å². The number of aromatic amines is 1. The Morgan fingerprint density at radius 2 is 2.00 bits per heavy atom. The fourth-order valence-electron chi connectivity index (χ4n) is 3.17. The summed E-state index contributed by atoms with van der Waals surface area (Å²) in [6.45, 7) is 0. The highest BCUT2D eigenvalue weighted by molar-refractivity contribution is 7.98. The van der Waals surface area contributed by atoms with Crippen molar-refractivity contribution in [3.63, 3.8) is 0 Å². The molecule has 0 spiro atoms. The van der Waals surface area contributed by atoms with Gasteiger partial charge in [-0.1, -0.05) is 41.6 Å². The number of anilines is 2. The zero-order valence-corrected chi connectivity index (χ0v) is 17.5. The van der Waals surface area contributed by atoms with Gasteiger partial charge in [0, 0.05) is 22.9 Å². The summed E-state index contributed by atoms with van der Waals surface area (Å²) in [4.78, 5) is 44.7. The SMILES string of the molecule is O=C1C[C@@H](C(=O)Nc2cccc(F)c2)c2c(nc(SCc3ccc(Cl)cc3)[nH]c2=O)N1. The van der Waals surface area contributed by atoms with Crippen molar-refractivity contribution in [2.75, 3.05) is 10.6 Å². The average Bonchev–Trinajstić information content (AvgIpc) is 2.72. The summed E-state index contributed by atoms with van der Waals surface area (Å²) >= 11 is 7.16. The van der Waals surface area contributed by atoms with Crippen molar-refractivity contribution >= 4 is 46.7 Å². The van der Waals surface area contributed by atoms with Crippen LogP contribution in [0.3, 0.4) is 0 Å². The number of hydrogen-bond donors (Lipinski definition) is 3. The van der Waals surface area contributed by atoms with Crippen LogP contribution < -0.4 is 16.2 Å². The maximum Gasteiger partial charge on any atom is 0.257 e. The number of aromatic nitrogens is 2. The Hall–Kier alpha value is -3.17. The first-order valence-corrected chi connectivity index (χ1v) is 10.6. The smallest absolute Gasteiger partial charge is 0.257 e. The lowest BCUT2D eigenvalue weighted by Gasteiger charge is -2.23. The van der Waals surface area contributed by atoms with E-state index in [9.17, 15) is 18.8 Å². The molecule has 0 saturated heterocycles. The number of nitrogens with one attached hydrogen (secondary N) is 3. The van der Waals surface area contributed by atoms with Gasteiger partial charge in [0.25, 0.3) is 5.56 Å². The third-order valence-corrected chi connectivity index (χ3v) is 5.82. The second-order valence-corrected chi connectivity index (χ2v) is 8.25. The van der Waals surface area contributed by atoms with E-state index in [4.69, 9.17) is 11.6 Å². The Morgan fingerprint density at radius 1 is 1.23 bits per heavy atom. The van der Waals surface area contributed by atoms with Crippen molar-refractivity contribution in [3.05, 3.63) is 80.9 Å². The summed E-state index contributed by atoms with van der Waals surface area (Å²) < 4.78 is 13.4. The van der Waals surface area contributed by atoms with E-state index in [1.54, 1.807) is 12.1 Å². The molecule has 0 bridgehead atoms. The molecular weight excluding hydrogens is 443 g/mol. The molecule has 0 radical (unpaired) electrons. The number of thioether (sulfide) groups is 1. The monoisotopic (exact) mass is 458 g/mol. The summed E-state index contributed by atoms with van der Waals surface area (Å²) in [5.74, 6) is -2.00. The highest BCUT2D eigenvalue weighted by Gasteiger charge is 2.34. The lowest BCUT2D eigenvalue weighted by atomic mass is 9.92. The largest absolute Gasteiger partial charge is 0.325 e. The minimum Gasteiger partial charge on any atom is -0.325 e. The van der Waals surface area contributed by atoms with Crippen LogP contribution in [-0.4, -0.2) is 21.8 Å². The number of amides is 2. The second-order valence-electron chi connectivity index (χ2n) is 6.85. The van der Waals surface area contributed by atoms with Gasteiger partial charge in [0.05, 0.1) is 11.5 Å². The first-order valence-electron chi connectivity index (χ1n) is 9.27. The van der Waals surface area contributed by atoms with E-state index in [2.05, 4.69) is 20.6 Å². The van der Waals surface area contributed by atoms with Crippen LogP contribution in [-0.2, 0) is 15.3 Å². The molecule has 0 aliphatic carbocycles. The van der Waals surface area contributed by atoms with Gasteiger partial charge in [-0.05, 0) is 35.9 Å². The van der Waals surface area contributed by atoms with Crippen molar-refractivity contribution in [3.8, 4) is 0 Å². The third kappa shape index (κ3) is 4.95. The Morgan fingerprint density at radius 3 is 2.74 bits per heavy atom. The Balaban J connectivity index is 1.57. The molecule has 0 fully saturated rings. The normalized spacial score (nSPS) is 15.2. The van der Waals surface area contributed by atoms with Crippen LogP contribution in [0.5, 0.6) is 0 Å². The topological polar surface area (TPSA) is 104 Å². The molecule has 1 aliphatic rings. The number of fused-ring (bicyclic) bond motifs is 1. The molecule has 0 saturated carbocycles. The molecule has 1 aliphatic heterocycles. The zero-order valence-electron chi connectivity index (χ0n) is 15.9. The highest BCUT2D eigenvalue weighted by Crippen LogP contribution is 2.31. The summed E-state index contributed by atoms with van der Waals surface area (Å²) in [7, 11) is 0. The van der Waals surface area contributed by atoms with Gasteiger partial charge in [0.2, 0.25) is 11.8 Å². The number of halogens is 2. The number of carbonyl (C=O) groups excluding carboxylic acids is 2. The molecule has 2 aromatic carbocycles. The molecule has 1 atom stereocenters. The van der Waals surface area contributed by atoms with E-state index in [1.165, 1.54) is 30.0 Å². The molecule has 7 nitrogen and oxygen atoms in total. The predicted molar refractivity (Wildman–Crippen MR) is 117 cm³/mol. The van der Waals surface area contributed by atoms with Gasteiger partial charge < -0.3 is 15.6 Å². The van der Waals surface area contributed by atoms with Gasteiger partial charge in [0.1, 0.15) is 11.6 Å². The molecule has 4 rings (SSSR count). The van der Waals surface area contributed by atoms with Gasteiger partial charge in [-0.25, -0.2) is 9.37 Å². The molecule has 10 heteroatoms. The first-order chi connectivity index (χ1) is 14.9. The molecule has 31 heavy (non-hydrogen) atoms. The van der Waals surface area contributed by atoms with E-state index in [0.29, 0.717) is 15.9 Å². The molecule has 0 unspecified atom stereocenters. The van der Waals surface area contributed by atoms with Crippen LogP contribution in [0.1, 0.15) is 23.5 Å². The van der Waals surface area contributed by atoms with Gasteiger partial charge >= 0.3 is 0 Å². The molecule has 2 heterocycles. The summed E-state index contributed by atoms with van der Waals surface area (Å²) in [5.41, 5.74) is 0.774. The van der Waals surface area contributed by atoms with Crippen LogP contribution >= 0.6 is 23.4 Å². The first kappa shape index (κ1) is 21.1. The average molecular weight is 459 g/mol. The predicted octanol–water partition coefficient (Wildman–Crippen LogP) is 3.92. The molecule has 158 valence electrons. The van der Waals surface area contributed by atoms with E-state index >= 15 is 0 Å². The molecule has 3 aromatic rings. The van der Waals surface area contributed by atoms with Crippen molar-refractivity contribution in [1.29, 1.82) is 0 Å². The Bertz CT molecular complexity index is 1220. The minimum atomic E-state index is -1.04. The molecular formula is C21H16ClFN4O3S. The number of rotatable bonds is 5. The number of nitrogens with zero attached hydrogens (tertiary/aromatic N) is 1. The van der Waals surface area contributed by atoms with Crippen LogP contribution in [0.4, 0.5) is 15.9 Å². The lowest BCUT2D eigenvalue weighted by molar-refractivity contribution is -0.123. The van der Waals surface area contributed by atoms with Crippen molar-refractivity contribution < 1.29 is 14.0 Å². The fraction of sp³-hybridized carbons (Fsp3) is 0.143. The Labute approximate surface area is 185 Å². The fourth-order valence-corrected chi connectivity index (χ4v) is 4.11. The van der Waals surface area contributed by atoms with Crippen molar-refractivity contribution in [2.24, 2.45) is 0 Å². The molecule has 2 amide bonds. The number of H-pyrrole nitrogens is 1. The zero-order chi connectivity index (χ0) is 22.0. The van der Waals surface area contributed by atoms with Gasteiger partial charge in [-0.2, -0.15) is 0 Å². The summed E-state index contributed by atoms with van der Waals surface area (Å²) in [6.07, 6.45) is -0.212. The van der Waals surface area contributed by atoms with E-state index in [0.717, 1.165) is 11.6 Å². The molecule has 3 N–H and O–H groups in total. The summed E-state index contributed by atoms with van der Waals surface area (Å²) in [6, 6.07) is 12.6.